The lowest BCUT2D eigenvalue weighted by atomic mass is 10.1. The predicted molar refractivity (Wildman–Crippen MR) is 69.8 cm³/mol. The first-order valence-electron chi connectivity index (χ1n) is 5.95. The quantitative estimate of drug-likeness (QED) is 0.727. The van der Waals surface area contributed by atoms with Crippen molar-refractivity contribution in [3.63, 3.8) is 0 Å². The first kappa shape index (κ1) is 13.7. The number of amides is 4. The van der Waals surface area contributed by atoms with Gasteiger partial charge in [-0.15, -0.1) is 0 Å². The Morgan fingerprint density at radius 1 is 1.20 bits per heavy atom. The summed E-state index contributed by atoms with van der Waals surface area (Å²) in [6, 6.07) is 6.32. The van der Waals surface area contributed by atoms with Crippen molar-refractivity contribution in [3.05, 3.63) is 29.8 Å². The van der Waals surface area contributed by atoms with E-state index in [-0.39, 0.29) is 19.0 Å². The third-order valence-electron chi connectivity index (χ3n) is 2.66. The number of hydrogen-bond acceptors (Lipinski definition) is 4. The van der Waals surface area contributed by atoms with Crippen molar-refractivity contribution in [2.75, 3.05) is 18.4 Å². The number of imide groups is 1. The number of hydrogen-bond donors (Lipinski definition) is 2. The molecule has 7 heteroatoms. The van der Waals surface area contributed by atoms with E-state index in [0.717, 1.165) is 4.90 Å². The van der Waals surface area contributed by atoms with Gasteiger partial charge >= 0.3 is 0 Å². The van der Waals surface area contributed by atoms with Crippen LogP contribution in [0.15, 0.2) is 24.3 Å². The summed E-state index contributed by atoms with van der Waals surface area (Å²) in [6.07, 6.45) is 0. The van der Waals surface area contributed by atoms with Crippen LogP contribution in [0, 0.1) is 0 Å². The van der Waals surface area contributed by atoms with E-state index in [0.29, 0.717) is 11.3 Å². The zero-order chi connectivity index (χ0) is 14.7. The molecule has 0 radical (unpaired) electrons. The number of carbonyl (C=O) groups excluding carboxylic acids is 4. The Hall–Kier alpha value is -2.70. The maximum absolute atomic E-state index is 12.2. The number of anilines is 1. The van der Waals surface area contributed by atoms with Gasteiger partial charge in [-0.1, -0.05) is 6.07 Å². The van der Waals surface area contributed by atoms with Crippen molar-refractivity contribution in [2.45, 2.75) is 6.92 Å². The fourth-order valence-electron chi connectivity index (χ4n) is 1.90. The fraction of sp³-hybridized carbons (Fsp3) is 0.231. The number of carbonyl (C=O) groups is 4. The average molecular weight is 275 g/mol. The second-order valence-electron chi connectivity index (χ2n) is 4.39. The summed E-state index contributed by atoms with van der Waals surface area (Å²) in [4.78, 5) is 46.8. The number of benzene rings is 1. The van der Waals surface area contributed by atoms with E-state index in [2.05, 4.69) is 10.6 Å². The number of piperazine rings is 1. The highest BCUT2D eigenvalue weighted by Gasteiger charge is 2.27. The van der Waals surface area contributed by atoms with Gasteiger partial charge in [-0.3, -0.25) is 24.5 Å². The summed E-state index contributed by atoms with van der Waals surface area (Å²) in [5.41, 5.74) is 0.787. The molecule has 1 aromatic rings. The first-order chi connectivity index (χ1) is 9.45. The zero-order valence-corrected chi connectivity index (χ0v) is 10.8. The summed E-state index contributed by atoms with van der Waals surface area (Å²) in [5.74, 6) is -1.69. The minimum absolute atomic E-state index is 0.158. The molecule has 0 unspecified atom stereocenters. The topological polar surface area (TPSA) is 95.6 Å². The van der Waals surface area contributed by atoms with Crippen LogP contribution < -0.4 is 10.6 Å². The standard InChI is InChI=1S/C13H13N3O4/c1-8(17)14-10-4-2-3-9(5-10)13(20)16-6-11(18)15-12(19)7-16/h2-5H,6-7H2,1H3,(H,14,17)(H,15,18,19). The summed E-state index contributed by atoms with van der Waals surface area (Å²) < 4.78 is 0. The molecule has 7 nitrogen and oxygen atoms in total. The highest BCUT2D eigenvalue weighted by Crippen LogP contribution is 2.13. The molecule has 1 aliphatic heterocycles. The SMILES string of the molecule is CC(=O)Nc1cccc(C(=O)N2CC(=O)NC(=O)C2)c1. The Morgan fingerprint density at radius 2 is 1.85 bits per heavy atom. The van der Waals surface area contributed by atoms with Gasteiger partial charge in [0.05, 0.1) is 0 Å². The van der Waals surface area contributed by atoms with Crippen LogP contribution >= 0.6 is 0 Å². The van der Waals surface area contributed by atoms with E-state index < -0.39 is 17.7 Å². The van der Waals surface area contributed by atoms with Crippen LogP contribution in [-0.4, -0.2) is 41.6 Å². The van der Waals surface area contributed by atoms with Crippen LogP contribution in [0.4, 0.5) is 5.69 Å². The van der Waals surface area contributed by atoms with E-state index in [1.807, 2.05) is 0 Å². The van der Waals surface area contributed by atoms with Gasteiger partial charge in [-0.2, -0.15) is 0 Å². The van der Waals surface area contributed by atoms with Crippen molar-refractivity contribution in [1.29, 1.82) is 0 Å². The fourth-order valence-corrected chi connectivity index (χ4v) is 1.90. The molecule has 1 heterocycles. The van der Waals surface area contributed by atoms with Crippen molar-refractivity contribution in [1.82, 2.24) is 10.2 Å². The zero-order valence-electron chi connectivity index (χ0n) is 10.8. The molecule has 2 N–H and O–H groups in total. The van der Waals surface area contributed by atoms with Gasteiger partial charge < -0.3 is 10.2 Å². The molecule has 1 fully saturated rings. The van der Waals surface area contributed by atoms with E-state index in [1.54, 1.807) is 18.2 Å². The lowest BCUT2D eigenvalue weighted by Gasteiger charge is -2.25. The van der Waals surface area contributed by atoms with Crippen molar-refractivity contribution < 1.29 is 19.2 Å². The lowest BCUT2D eigenvalue weighted by Crippen LogP contribution is -2.53. The highest BCUT2D eigenvalue weighted by molar-refractivity contribution is 6.06. The van der Waals surface area contributed by atoms with Crippen molar-refractivity contribution in [2.24, 2.45) is 0 Å². The molecule has 4 amide bonds. The maximum atomic E-state index is 12.2. The summed E-state index contributed by atoms with van der Waals surface area (Å²) in [7, 11) is 0. The van der Waals surface area contributed by atoms with E-state index in [9.17, 15) is 19.2 Å². The largest absolute Gasteiger partial charge is 0.326 e. The van der Waals surface area contributed by atoms with Gasteiger partial charge in [0.1, 0.15) is 13.1 Å². The van der Waals surface area contributed by atoms with Crippen molar-refractivity contribution >= 4 is 29.3 Å². The second-order valence-corrected chi connectivity index (χ2v) is 4.39. The van der Waals surface area contributed by atoms with Crippen LogP contribution in [0.2, 0.25) is 0 Å². The molecule has 0 bridgehead atoms. The molecule has 0 aliphatic carbocycles. The second kappa shape index (κ2) is 5.52. The molecular weight excluding hydrogens is 262 g/mol. The summed E-state index contributed by atoms with van der Waals surface area (Å²) >= 11 is 0. The molecule has 1 aromatic carbocycles. The van der Waals surface area contributed by atoms with Gasteiger partial charge in [0.15, 0.2) is 0 Å². The Kier molecular flexibility index (Phi) is 3.79. The highest BCUT2D eigenvalue weighted by atomic mass is 16.2. The molecule has 1 saturated heterocycles. The molecule has 0 saturated carbocycles. The van der Waals surface area contributed by atoms with E-state index in [1.165, 1.54) is 13.0 Å². The normalized spacial score (nSPS) is 14.8. The summed E-state index contributed by atoms with van der Waals surface area (Å²) in [5, 5.41) is 4.69. The molecule has 0 aromatic heterocycles. The van der Waals surface area contributed by atoms with E-state index in [4.69, 9.17) is 0 Å². The molecular formula is C13H13N3O4. The van der Waals surface area contributed by atoms with Gasteiger partial charge in [-0.25, -0.2) is 0 Å². The Labute approximate surface area is 114 Å². The average Bonchev–Trinajstić information content (AvgIpc) is 2.36. The Balaban J connectivity index is 2.18. The van der Waals surface area contributed by atoms with Gasteiger partial charge in [0, 0.05) is 18.2 Å². The van der Waals surface area contributed by atoms with Gasteiger partial charge in [0.25, 0.3) is 5.91 Å². The minimum atomic E-state index is -0.507. The monoisotopic (exact) mass is 275 g/mol. The van der Waals surface area contributed by atoms with Gasteiger partial charge in [0.2, 0.25) is 17.7 Å². The van der Waals surface area contributed by atoms with Crippen LogP contribution in [0.25, 0.3) is 0 Å². The first-order valence-corrected chi connectivity index (χ1v) is 5.95. The number of rotatable bonds is 2. The molecule has 2 rings (SSSR count). The Bertz CT molecular complexity index is 581. The predicted octanol–water partition coefficient (Wildman–Crippen LogP) is -0.256. The van der Waals surface area contributed by atoms with Crippen LogP contribution in [0.5, 0.6) is 0 Å². The molecule has 0 spiro atoms. The number of nitrogens with one attached hydrogen (secondary N) is 2. The van der Waals surface area contributed by atoms with Crippen LogP contribution in [-0.2, 0) is 14.4 Å². The van der Waals surface area contributed by atoms with Crippen molar-refractivity contribution in [3.8, 4) is 0 Å². The smallest absolute Gasteiger partial charge is 0.254 e. The molecule has 104 valence electrons. The lowest BCUT2D eigenvalue weighted by molar-refractivity contribution is -0.135. The van der Waals surface area contributed by atoms with Crippen LogP contribution in [0.3, 0.4) is 0 Å². The summed E-state index contributed by atoms with van der Waals surface area (Å²) in [6.45, 7) is 1.05. The Morgan fingerprint density at radius 3 is 2.45 bits per heavy atom. The van der Waals surface area contributed by atoms with Crippen LogP contribution in [0.1, 0.15) is 17.3 Å². The molecule has 0 atom stereocenters. The third kappa shape index (κ3) is 3.19. The minimum Gasteiger partial charge on any atom is -0.326 e. The maximum Gasteiger partial charge on any atom is 0.254 e. The third-order valence-corrected chi connectivity index (χ3v) is 2.66. The number of nitrogens with zero attached hydrogens (tertiary/aromatic N) is 1. The molecule has 20 heavy (non-hydrogen) atoms. The van der Waals surface area contributed by atoms with E-state index >= 15 is 0 Å². The molecule has 1 aliphatic rings. The van der Waals surface area contributed by atoms with Gasteiger partial charge in [-0.05, 0) is 18.2 Å².